The normalized spacial score (nSPS) is 14.6. The standard InChI is InChI=1S/C20H33N5O.HI/c1-5-10-22-19(26)15-23-20(21-6-2)25-13-11-24(12-14-25)18-9-7-8-16(3)17(18)4;/h7-9H,5-6,10-15H2,1-4H3,(H,21,23)(H,22,26);1H. The molecule has 0 radical (unpaired) electrons. The van der Waals surface area contributed by atoms with E-state index in [2.05, 4.69) is 64.4 Å². The Bertz CT molecular complexity index is 627. The second-order valence-electron chi connectivity index (χ2n) is 6.71. The van der Waals surface area contributed by atoms with Crippen molar-refractivity contribution >= 4 is 41.5 Å². The number of guanidine groups is 1. The van der Waals surface area contributed by atoms with Crippen LogP contribution in [0.3, 0.4) is 0 Å². The molecule has 1 aromatic carbocycles. The quantitative estimate of drug-likeness (QED) is 0.368. The Hall–Kier alpha value is -1.51. The highest BCUT2D eigenvalue weighted by molar-refractivity contribution is 14.0. The van der Waals surface area contributed by atoms with Crippen LogP contribution in [-0.4, -0.2) is 62.6 Å². The molecule has 2 rings (SSSR count). The van der Waals surface area contributed by atoms with Crippen molar-refractivity contribution in [1.82, 2.24) is 15.5 Å². The van der Waals surface area contributed by atoms with E-state index in [4.69, 9.17) is 0 Å². The molecule has 1 aromatic rings. The molecule has 2 N–H and O–H groups in total. The minimum atomic E-state index is -0.0173. The fraction of sp³-hybridized carbons (Fsp3) is 0.600. The maximum atomic E-state index is 11.8. The van der Waals surface area contributed by atoms with Crippen LogP contribution in [0.1, 0.15) is 31.4 Å². The van der Waals surface area contributed by atoms with Gasteiger partial charge >= 0.3 is 0 Å². The van der Waals surface area contributed by atoms with Gasteiger partial charge in [0.05, 0.1) is 0 Å². The number of amides is 1. The number of carbonyl (C=O) groups is 1. The summed E-state index contributed by atoms with van der Waals surface area (Å²) in [5.41, 5.74) is 4.01. The van der Waals surface area contributed by atoms with Crippen LogP contribution in [0.2, 0.25) is 0 Å². The number of anilines is 1. The zero-order valence-corrected chi connectivity index (χ0v) is 19.4. The Morgan fingerprint density at radius 1 is 1.11 bits per heavy atom. The lowest BCUT2D eigenvalue weighted by Crippen LogP contribution is -2.53. The van der Waals surface area contributed by atoms with E-state index in [0.717, 1.165) is 45.1 Å². The summed E-state index contributed by atoms with van der Waals surface area (Å²) in [6.45, 7) is 13.8. The van der Waals surface area contributed by atoms with Crippen LogP contribution < -0.4 is 15.5 Å². The van der Waals surface area contributed by atoms with Gasteiger partial charge < -0.3 is 20.4 Å². The number of nitrogens with one attached hydrogen (secondary N) is 2. The number of carbonyl (C=O) groups excluding carboxylic acids is 1. The lowest BCUT2D eigenvalue weighted by molar-refractivity contribution is -0.119. The van der Waals surface area contributed by atoms with Gasteiger partial charge in [0.1, 0.15) is 6.54 Å². The van der Waals surface area contributed by atoms with E-state index in [1.165, 1.54) is 16.8 Å². The Kier molecular flexibility index (Phi) is 10.5. The number of aliphatic imine (C=N–C) groups is 1. The first kappa shape index (κ1) is 23.5. The Balaban J connectivity index is 0.00000364. The maximum absolute atomic E-state index is 11.8. The Morgan fingerprint density at radius 3 is 2.44 bits per heavy atom. The van der Waals surface area contributed by atoms with Crippen molar-refractivity contribution in [2.24, 2.45) is 4.99 Å². The van der Waals surface area contributed by atoms with Crippen LogP contribution in [0, 0.1) is 13.8 Å². The molecule has 0 spiro atoms. The van der Waals surface area contributed by atoms with Gasteiger partial charge in [-0.3, -0.25) is 4.79 Å². The minimum Gasteiger partial charge on any atom is -0.368 e. The lowest BCUT2D eigenvalue weighted by Gasteiger charge is -2.38. The van der Waals surface area contributed by atoms with E-state index in [1.807, 2.05) is 6.92 Å². The molecular formula is C20H34IN5O. The molecule has 27 heavy (non-hydrogen) atoms. The SMILES string of the molecule is CCCNC(=O)CN=C(NCC)N1CCN(c2cccc(C)c2C)CC1.I. The van der Waals surface area contributed by atoms with Crippen molar-refractivity contribution in [3.63, 3.8) is 0 Å². The van der Waals surface area contributed by atoms with Gasteiger partial charge in [0, 0.05) is 45.0 Å². The third-order valence-corrected chi connectivity index (χ3v) is 4.78. The largest absolute Gasteiger partial charge is 0.368 e. The molecule has 1 fully saturated rings. The van der Waals surface area contributed by atoms with E-state index in [0.29, 0.717) is 6.54 Å². The molecule has 1 amide bonds. The van der Waals surface area contributed by atoms with Crippen molar-refractivity contribution in [3.8, 4) is 0 Å². The molecule has 0 aromatic heterocycles. The Labute approximate surface area is 180 Å². The topological polar surface area (TPSA) is 60.0 Å². The summed E-state index contributed by atoms with van der Waals surface area (Å²) in [7, 11) is 0. The van der Waals surface area contributed by atoms with Crippen LogP contribution in [-0.2, 0) is 4.79 Å². The van der Waals surface area contributed by atoms with Gasteiger partial charge in [-0.15, -0.1) is 24.0 Å². The smallest absolute Gasteiger partial charge is 0.241 e. The summed E-state index contributed by atoms with van der Waals surface area (Å²) in [6, 6.07) is 6.49. The van der Waals surface area contributed by atoms with Gasteiger partial charge in [0.15, 0.2) is 5.96 Å². The van der Waals surface area contributed by atoms with Crippen molar-refractivity contribution < 1.29 is 4.79 Å². The van der Waals surface area contributed by atoms with Gasteiger partial charge in [-0.1, -0.05) is 19.1 Å². The highest BCUT2D eigenvalue weighted by atomic mass is 127. The van der Waals surface area contributed by atoms with Crippen LogP contribution >= 0.6 is 24.0 Å². The van der Waals surface area contributed by atoms with E-state index >= 15 is 0 Å². The van der Waals surface area contributed by atoms with Crippen molar-refractivity contribution in [2.75, 3.05) is 50.7 Å². The van der Waals surface area contributed by atoms with Crippen LogP contribution in [0.4, 0.5) is 5.69 Å². The van der Waals surface area contributed by atoms with Crippen molar-refractivity contribution in [1.29, 1.82) is 0 Å². The number of hydrogen-bond donors (Lipinski definition) is 2. The summed E-state index contributed by atoms with van der Waals surface area (Å²) in [6.07, 6.45) is 0.940. The van der Waals surface area contributed by atoms with E-state index in [1.54, 1.807) is 0 Å². The van der Waals surface area contributed by atoms with Gasteiger partial charge in [-0.2, -0.15) is 0 Å². The van der Waals surface area contributed by atoms with E-state index in [9.17, 15) is 4.79 Å². The second kappa shape index (κ2) is 12.0. The van der Waals surface area contributed by atoms with Crippen molar-refractivity contribution in [3.05, 3.63) is 29.3 Å². The number of aryl methyl sites for hydroxylation is 1. The molecule has 1 aliphatic heterocycles. The predicted molar refractivity (Wildman–Crippen MR) is 124 cm³/mol. The van der Waals surface area contributed by atoms with Crippen LogP contribution in [0.25, 0.3) is 0 Å². The molecule has 6 nitrogen and oxygen atoms in total. The van der Waals surface area contributed by atoms with Crippen molar-refractivity contribution in [2.45, 2.75) is 34.1 Å². The fourth-order valence-electron chi connectivity index (χ4n) is 3.13. The summed E-state index contributed by atoms with van der Waals surface area (Å²) in [5.74, 6) is 0.816. The lowest BCUT2D eigenvalue weighted by atomic mass is 10.1. The molecular weight excluding hydrogens is 453 g/mol. The van der Waals surface area contributed by atoms with Gasteiger partial charge in [0.2, 0.25) is 5.91 Å². The zero-order chi connectivity index (χ0) is 18.9. The average molecular weight is 487 g/mol. The number of halogens is 1. The molecule has 0 bridgehead atoms. The molecule has 0 aliphatic carbocycles. The number of piperazine rings is 1. The molecule has 152 valence electrons. The number of rotatable bonds is 6. The first-order chi connectivity index (χ1) is 12.6. The molecule has 0 atom stereocenters. The minimum absolute atomic E-state index is 0. The third kappa shape index (κ3) is 6.86. The third-order valence-electron chi connectivity index (χ3n) is 4.78. The molecule has 1 aliphatic rings. The van der Waals surface area contributed by atoms with Gasteiger partial charge in [-0.25, -0.2) is 4.99 Å². The van der Waals surface area contributed by atoms with Gasteiger partial charge in [-0.05, 0) is 44.4 Å². The molecule has 0 saturated carbocycles. The van der Waals surface area contributed by atoms with E-state index in [-0.39, 0.29) is 36.4 Å². The molecule has 7 heteroatoms. The number of hydrogen-bond acceptors (Lipinski definition) is 3. The summed E-state index contributed by atoms with van der Waals surface area (Å²) >= 11 is 0. The fourth-order valence-corrected chi connectivity index (χ4v) is 3.13. The number of benzene rings is 1. The maximum Gasteiger partial charge on any atom is 0.241 e. The average Bonchev–Trinajstić information content (AvgIpc) is 2.66. The highest BCUT2D eigenvalue weighted by Gasteiger charge is 2.21. The second-order valence-corrected chi connectivity index (χ2v) is 6.71. The first-order valence-corrected chi connectivity index (χ1v) is 9.67. The van der Waals surface area contributed by atoms with E-state index < -0.39 is 0 Å². The highest BCUT2D eigenvalue weighted by Crippen LogP contribution is 2.23. The molecule has 0 unspecified atom stereocenters. The molecule has 1 saturated heterocycles. The van der Waals surface area contributed by atoms with Gasteiger partial charge in [0.25, 0.3) is 0 Å². The molecule has 1 heterocycles. The summed E-state index contributed by atoms with van der Waals surface area (Å²) < 4.78 is 0. The summed E-state index contributed by atoms with van der Waals surface area (Å²) in [4.78, 5) is 21.0. The number of nitrogens with zero attached hydrogens (tertiary/aromatic N) is 3. The Morgan fingerprint density at radius 2 is 1.81 bits per heavy atom. The van der Waals surface area contributed by atoms with Crippen LogP contribution in [0.15, 0.2) is 23.2 Å². The van der Waals surface area contributed by atoms with Crippen LogP contribution in [0.5, 0.6) is 0 Å². The first-order valence-electron chi connectivity index (χ1n) is 9.67. The predicted octanol–water partition coefficient (Wildman–Crippen LogP) is 2.54. The summed E-state index contributed by atoms with van der Waals surface area (Å²) in [5, 5.41) is 6.19. The zero-order valence-electron chi connectivity index (χ0n) is 17.0. The monoisotopic (exact) mass is 487 g/mol.